The molecule has 2 aromatic heterocycles. The smallest absolute Gasteiger partial charge is 0.368 e. The van der Waals surface area contributed by atoms with E-state index in [1.54, 1.807) is 4.68 Å². The van der Waals surface area contributed by atoms with Crippen molar-refractivity contribution in [2.24, 2.45) is 0 Å². The summed E-state index contributed by atoms with van der Waals surface area (Å²) in [5, 5.41) is 9.94. The van der Waals surface area contributed by atoms with Gasteiger partial charge in [-0.1, -0.05) is 48.5 Å². The molecule has 1 aliphatic rings. The molecule has 0 aliphatic carbocycles. The van der Waals surface area contributed by atoms with Crippen molar-refractivity contribution >= 4 is 46.8 Å². The zero-order valence-electron chi connectivity index (χ0n) is 24.4. The van der Waals surface area contributed by atoms with E-state index in [1.165, 1.54) is 6.20 Å². The molecule has 2 N–H and O–H groups in total. The minimum atomic E-state index is -4.97. The number of fused-ring (bicyclic) bond motifs is 1. The van der Waals surface area contributed by atoms with Gasteiger partial charge in [0.2, 0.25) is 0 Å². The van der Waals surface area contributed by atoms with Crippen LogP contribution in [0, 0.1) is 5.82 Å². The Morgan fingerprint density at radius 3 is 2.20 bits per heavy atom. The van der Waals surface area contributed by atoms with E-state index in [0.717, 1.165) is 17.3 Å². The lowest BCUT2D eigenvalue weighted by molar-refractivity contribution is -0.139. The molecule has 0 spiro atoms. The van der Waals surface area contributed by atoms with E-state index in [0.29, 0.717) is 60.7 Å². The number of anilines is 2. The highest BCUT2D eigenvalue weighted by atomic mass is 35.5. The Hall–Kier alpha value is -5.01. The Bertz CT molecular complexity index is 1880. The molecule has 14 heteroatoms. The van der Waals surface area contributed by atoms with Crippen LogP contribution in [0.3, 0.4) is 0 Å². The quantitative estimate of drug-likeness (QED) is 0.214. The predicted octanol–water partition coefficient (Wildman–Crippen LogP) is 6.38. The highest BCUT2D eigenvalue weighted by molar-refractivity contribution is 6.15. The number of nitrogens with one attached hydrogen (secondary N) is 2. The number of halogens is 5. The van der Waals surface area contributed by atoms with Gasteiger partial charge >= 0.3 is 12.2 Å². The van der Waals surface area contributed by atoms with Crippen molar-refractivity contribution in [2.75, 3.05) is 43.4 Å². The molecule has 9 nitrogen and oxygen atoms in total. The summed E-state index contributed by atoms with van der Waals surface area (Å²) >= 11 is 0. The number of hydrogen-bond acceptors (Lipinski definition) is 6. The Morgan fingerprint density at radius 2 is 1.54 bits per heavy atom. The van der Waals surface area contributed by atoms with Gasteiger partial charge in [0.25, 0.3) is 5.91 Å². The summed E-state index contributed by atoms with van der Waals surface area (Å²) in [4.78, 5) is 35.4. The second-order valence-electron chi connectivity index (χ2n) is 10.6. The second-order valence-corrected chi connectivity index (χ2v) is 10.6. The second kappa shape index (κ2) is 13.2. The molecular formula is C32H28ClF4N7O2. The lowest BCUT2D eigenvalue weighted by Gasteiger charge is -2.35. The first-order valence-corrected chi connectivity index (χ1v) is 14.1. The number of amides is 3. The number of nitrogens with zero attached hydrogens (tertiary/aromatic N) is 5. The predicted molar refractivity (Wildman–Crippen MR) is 169 cm³/mol. The van der Waals surface area contributed by atoms with E-state index < -0.39 is 29.5 Å². The molecule has 1 aliphatic heterocycles. The Labute approximate surface area is 267 Å². The number of imide groups is 1. The van der Waals surface area contributed by atoms with Gasteiger partial charge < -0.3 is 15.1 Å². The van der Waals surface area contributed by atoms with Gasteiger partial charge in [-0.2, -0.15) is 18.3 Å². The number of rotatable bonds is 5. The van der Waals surface area contributed by atoms with Crippen molar-refractivity contribution in [1.82, 2.24) is 25.0 Å². The third-order valence-electron chi connectivity index (χ3n) is 7.54. The molecule has 238 valence electrons. The first-order chi connectivity index (χ1) is 21.6. The molecule has 0 bridgehead atoms. The van der Waals surface area contributed by atoms with E-state index in [4.69, 9.17) is 5.10 Å². The standard InChI is InChI=1S/C32H27F4N7O2.ClH/c1-41-14-16-42(17-15-41)28-23(30(44)39-31(45)38-21-12-13-25(33)24(18-21)32(34,35)36)19-37-29-26(28)27(20-8-4-2-5-9-20)40-43(29)22-10-6-3-7-11-22;/h2-13,18-19H,14-17H2,1H3,(H2,38,39,44,45);1H. The van der Waals surface area contributed by atoms with Crippen LogP contribution in [0.15, 0.2) is 85.1 Å². The maximum atomic E-state index is 13.7. The molecule has 5 aromatic rings. The summed E-state index contributed by atoms with van der Waals surface area (Å²) < 4.78 is 55.0. The third-order valence-corrected chi connectivity index (χ3v) is 7.54. The van der Waals surface area contributed by atoms with Crippen molar-refractivity contribution in [3.05, 3.63) is 102 Å². The van der Waals surface area contributed by atoms with Crippen LogP contribution in [0.5, 0.6) is 0 Å². The fourth-order valence-corrected chi connectivity index (χ4v) is 5.29. The van der Waals surface area contributed by atoms with Gasteiger partial charge in [-0.25, -0.2) is 18.9 Å². The van der Waals surface area contributed by atoms with E-state index >= 15 is 0 Å². The summed E-state index contributed by atoms with van der Waals surface area (Å²) in [6.45, 7) is 2.57. The number of carbonyl (C=O) groups is 2. The van der Waals surface area contributed by atoms with Crippen LogP contribution in [0.25, 0.3) is 28.0 Å². The maximum absolute atomic E-state index is 13.7. The minimum absolute atomic E-state index is 0. The van der Waals surface area contributed by atoms with Crippen molar-refractivity contribution in [1.29, 1.82) is 0 Å². The molecule has 0 unspecified atom stereocenters. The highest BCUT2D eigenvalue weighted by Gasteiger charge is 2.34. The SMILES string of the molecule is CN1CCN(c2c(C(=O)NC(=O)Nc3ccc(F)c(C(F)(F)F)c3)cnc3c2c(-c2ccccc2)nn3-c2ccccc2)CC1.Cl. The first kappa shape index (κ1) is 32.4. The van der Waals surface area contributed by atoms with Crippen molar-refractivity contribution in [2.45, 2.75) is 6.18 Å². The molecule has 1 fully saturated rings. The largest absolute Gasteiger partial charge is 0.419 e. The highest BCUT2D eigenvalue weighted by Crippen LogP contribution is 2.39. The molecular weight excluding hydrogens is 626 g/mol. The average Bonchev–Trinajstić information content (AvgIpc) is 3.42. The topological polar surface area (TPSA) is 95.4 Å². The Balaban J connectivity index is 0.00000417. The van der Waals surface area contributed by atoms with Crippen LogP contribution in [0.4, 0.5) is 33.7 Å². The number of benzene rings is 3. The van der Waals surface area contributed by atoms with E-state index in [2.05, 4.69) is 25.4 Å². The number of para-hydroxylation sites is 1. The van der Waals surface area contributed by atoms with Crippen molar-refractivity contribution in [3.63, 3.8) is 0 Å². The monoisotopic (exact) mass is 653 g/mol. The van der Waals surface area contributed by atoms with E-state index in [9.17, 15) is 27.2 Å². The summed E-state index contributed by atoms with van der Waals surface area (Å²) in [6, 6.07) is 19.8. The summed E-state index contributed by atoms with van der Waals surface area (Å²) in [5.41, 5.74) is 1.38. The Kier molecular flexibility index (Phi) is 9.26. The van der Waals surface area contributed by atoms with Gasteiger partial charge in [0.15, 0.2) is 5.65 Å². The molecule has 6 rings (SSSR count). The van der Waals surface area contributed by atoms with Crippen LogP contribution in [0.1, 0.15) is 15.9 Å². The number of likely N-dealkylation sites (N-methyl/N-ethyl adjacent to an activating group) is 1. The third kappa shape index (κ3) is 6.51. The number of pyridine rings is 1. The molecule has 0 saturated carbocycles. The molecule has 46 heavy (non-hydrogen) atoms. The molecule has 3 aromatic carbocycles. The maximum Gasteiger partial charge on any atom is 0.419 e. The van der Waals surface area contributed by atoms with Gasteiger partial charge in [0.05, 0.1) is 27.9 Å². The molecule has 0 radical (unpaired) electrons. The van der Waals surface area contributed by atoms with E-state index in [1.807, 2.05) is 67.7 Å². The summed E-state index contributed by atoms with van der Waals surface area (Å²) in [6.07, 6.45) is -3.60. The zero-order valence-corrected chi connectivity index (χ0v) is 25.2. The number of alkyl halides is 3. The number of hydrogen-bond donors (Lipinski definition) is 2. The van der Waals surface area contributed by atoms with Gasteiger partial charge in [0, 0.05) is 43.6 Å². The zero-order chi connectivity index (χ0) is 31.7. The van der Waals surface area contributed by atoms with Crippen LogP contribution < -0.4 is 15.5 Å². The van der Waals surface area contributed by atoms with Crippen LogP contribution in [-0.2, 0) is 6.18 Å². The minimum Gasteiger partial charge on any atom is -0.368 e. The van der Waals surface area contributed by atoms with Gasteiger partial charge in [-0.15, -0.1) is 12.4 Å². The van der Waals surface area contributed by atoms with Crippen LogP contribution in [-0.4, -0.2) is 64.8 Å². The lowest BCUT2D eigenvalue weighted by atomic mass is 10.0. The fraction of sp³-hybridized carbons (Fsp3) is 0.188. The summed E-state index contributed by atoms with van der Waals surface area (Å²) in [7, 11) is 2.00. The number of urea groups is 1. The number of piperazine rings is 1. The lowest BCUT2D eigenvalue weighted by Crippen LogP contribution is -2.45. The number of aromatic nitrogens is 3. The first-order valence-electron chi connectivity index (χ1n) is 14.1. The van der Waals surface area contributed by atoms with Crippen molar-refractivity contribution in [3.8, 4) is 16.9 Å². The molecule has 0 atom stereocenters. The van der Waals surface area contributed by atoms with Crippen LogP contribution >= 0.6 is 12.4 Å². The van der Waals surface area contributed by atoms with E-state index in [-0.39, 0.29) is 23.7 Å². The molecule has 3 heterocycles. The number of carbonyl (C=O) groups excluding carboxylic acids is 2. The van der Waals surface area contributed by atoms with Gasteiger partial charge in [-0.05, 0) is 37.4 Å². The summed E-state index contributed by atoms with van der Waals surface area (Å²) in [5.74, 6) is -2.30. The average molecular weight is 654 g/mol. The normalized spacial score (nSPS) is 13.7. The molecule has 1 saturated heterocycles. The molecule has 3 amide bonds. The fourth-order valence-electron chi connectivity index (χ4n) is 5.29. The van der Waals surface area contributed by atoms with Gasteiger partial charge in [-0.3, -0.25) is 10.1 Å². The Morgan fingerprint density at radius 1 is 0.891 bits per heavy atom. The van der Waals surface area contributed by atoms with Crippen LogP contribution in [0.2, 0.25) is 0 Å². The van der Waals surface area contributed by atoms with Gasteiger partial charge in [0.1, 0.15) is 11.5 Å². The van der Waals surface area contributed by atoms with Crippen molar-refractivity contribution < 1.29 is 27.2 Å².